The lowest BCUT2D eigenvalue weighted by Crippen LogP contribution is -2.53. The normalized spacial score (nSPS) is 15.6. The fourth-order valence-corrected chi connectivity index (χ4v) is 3.15. The van der Waals surface area contributed by atoms with Crippen molar-refractivity contribution in [2.24, 2.45) is 0 Å². The van der Waals surface area contributed by atoms with E-state index in [9.17, 15) is 18.8 Å². The molecule has 7 heteroatoms. The third-order valence-electron chi connectivity index (χ3n) is 4.77. The Morgan fingerprint density at radius 3 is 2.17 bits per heavy atom. The summed E-state index contributed by atoms with van der Waals surface area (Å²) in [5, 5.41) is 2.19. The van der Waals surface area contributed by atoms with Crippen LogP contribution in [0.5, 0.6) is 0 Å². The molecule has 0 spiro atoms. The van der Waals surface area contributed by atoms with Crippen LogP contribution in [0.25, 0.3) is 6.08 Å². The summed E-state index contributed by atoms with van der Waals surface area (Å²) < 4.78 is 13.1. The highest BCUT2D eigenvalue weighted by molar-refractivity contribution is 6.30. The van der Waals surface area contributed by atoms with Crippen molar-refractivity contribution in [3.05, 3.63) is 71.0 Å². The first kappa shape index (κ1) is 20.3. The van der Waals surface area contributed by atoms with E-state index < -0.39 is 23.7 Å². The summed E-state index contributed by atoms with van der Waals surface area (Å²) in [6.07, 6.45) is 1.47. The summed E-state index contributed by atoms with van der Waals surface area (Å²) in [6, 6.07) is 12.2. The van der Waals surface area contributed by atoms with Crippen LogP contribution in [0.3, 0.4) is 0 Å². The van der Waals surface area contributed by atoms with Crippen LogP contribution in [0.15, 0.2) is 54.1 Å². The Bertz CT molecular complexity index is 948. The number of barbiturate groups is 1. The Kier molecular flexibility index (Phi) is 6.07. The second-order valence-electron chi connectivity index (χ2n) is 6.60. The van der Waals surface area contributed by atoms with Crippen molar-refractivity contribution < 1.29 is 18.8 Å². The quantitative estimate of drug-likeness (QED) is 0.602. The average Bonchev–Trinajstić information content (AvgIpc) is 2.72. The zero-order chi connectivity index (χ0) is 21.0. The van der Waals surface area contributed by atoms with Gasteiger partial charge in [0.2, 0.25) is 0 Å². The van der Waals surface area contributed by atoms with E-state index in [0.717, 1.165) is 23.7 Å². The number of carbonyl (C=O) groups excluding carboxylic acids is 3. The molecule has 1 aliphatic heterocycles. The number of nitrogens with zero attached hydrogens (tertiary/aromatic N) is 2. The van der Waals surface area contributed by atoms with Gasteiger partial charge in [0.25, 0.3) is 11.8 Å². The molecule has 0 bridgehead atoms. The number of hydrogen-bond acceptors (Lipinski definition) is 4. The van der Waals surface area contributed by atoms with Crippen LogP contribution in [0, 0.1) is 5.82 Å². The molecule has 0 radical (unpaired) electrons. The number of carbonyl (C=O) groups is 3. The molecule has 6 nitrogen and oxygen atoms in total. The summed E-state index contributed by atoms with van der Waals surface area (Å²) in [5.74, 6) is -1.83. The van der Waals surface area contributed by atoms with Gasteiger partial charge in [0.05, 0.1) is 6.54 Å². The molecule has 0 aromatic heterocycles. The van der Waals surface area contributed by atoms with E-state index in [1.165, 1.54) is 30.3 Å². The Balaban J connectivity index is 1.84. The minimum Gasteiger partial charge on any atom is -0.372 e. The van der Waals surface area contributed by atoms with Crippen molar-refractivity contribution >= 4 is 29.6 Å². The van der Waals surface area contributed by atoms with Crippen LogP contribution in [-0.4, -0.2) is 35.8 Å². The molecule has 0 aliphatic carbocycles. The van der Waals surface area contributed by atoms with Crippen LogP contribution in [0.2, 0.25) is 0 Å². The van der Waals surface area contributed by atoms with Crippen LogP contribution in [-0.2, 0) is 16.1 Å². The first-order valence-electron chi connectivity index (χ1n) is 9.41. The number of urea groups is 1. The topological polar surface area (TPSA) is 69.7 Å². The monoisotopic (exact) mass is 395 g/mol. The van der Waals surface area contributed by atoms with E-state index in [0.29, 0.717) is 11.1 Å². The number of amides is 4. The van der Waals surface area contributed by atoms with Crippen molar-refractivity contribution in [3.8, 4) is 0 Å². The lowest BCUT2D eigenvalue weighted by molar-refractivity contribution is -0.130. The van der Waals surface area contributed by atoms with E-state index in [2.05, 4.69) is 24.1 Å². The maximum atomic E-state index is 13.1. The van der Waals surface area contributed by atoms with Crippen molar-refractivity contribution in [2.45, 2.75) is 20.4 Å². The van der Waals surface area contributed by atoms with E-state index in [1.807, 2.05) is 24.3 Å². The molecular formula is C22H22FN3O3. The molecule has 29 heavy (non-hydrogen) atoms. The first-order chi connectivity index (χ1) is 13.9. The van der Waals surface area contributed by atoms with E-state index >= 15 is 0 Å². The van der Waals surface area contributed by atoms with Crippen molar-refractivity contribution in [3.63, 3.8) is 0 Å². The smallest absolute Gasteiger partial charge is 0.331 e. The van der Waals surface area contributed by atoms with Crippen molar-refractivity contribution in [1.29, 1.82) is 0 Å². The van der Waals surface area contributed by atoms with Gasteiger partial charge in [-0.2, -0.15) is 0 Å². The third kappa shape index (κ3) is 4.51. The van der Waals surface area contributed by atoms with Gasteiger partial charge in [-0.1, -0.05) is 24.3 Å². The molecule has 2 aromatic rings. The molecule has 1 N–H and O–H groups in total. The fraction of sp³-hybridized carbons (Fsp3) is 0.227. The summed E-state index contributed by atoms with van der Waals surface area (Å²) >= 11 is 0. The lowest BCUT2D eigenvalue weighted by Gasteiger charge is -2.26. The molecule has 1 heterocycles. The van der Waals surface area contributed by atoms with Crippen molar-refractivity contribution in [2.75, 3.05) is 18.0 Å². The van der Waals surface area contributed by atoms with Gasteiger partial charge in [0.15, 0.2) is 0 Å². The zero-order valence-corrected chi connectivity index (χ0v) is 16.3. The van der Waals surface area contributed by atoms with E-state index in [-0.39, 0.29) is 12.1 Å². The highest BCUT2D eigenvalue weighted by Gasteiger charge is 2.35. The van der Waals surface area contributed by atoms with Crippen molar-refractivity contribution in [1.82, 2.24) is 10.2 Å². The predicted octanol–water partition coefficient (Wildman–Crippen LogP) is 3.33. The molecule has 2 aromatic carbocycles. The Morgan fingerprint density at radius 1 is 0.966 bits per heavy atom. The largest absolute Gasteiger partial charge is 0.372 e. The van der Waals surface area contributed by atoms with Gasteiger partial charge in [-0.25, -0.2) is 9.18 Å². The predicted molar refractivity (Wildman–Crippen MR) is 108 cm³/mol. The van der Waals surface area contributed by atoms with E-state index in [4.69, 9.17) is 0 Å². The first-order valence-corrected chi connectivity index (χ1v) is 9.41. The number of hydrogen-bond donors (Lipinski definition) is 1. The highest BCUT2D eigenvalue weighted by atomic mass is 19.1. The molecule has 1 fully saturated rings. The maximum absolute atomic E-state index is 13.1. The second-order valence-corrected chi connectivity index (χ2v) is 6.60. The maximum Gasteiger partial charge on any atom is 0.331 e. The van der Waals surface area contributed by atoms with Gasteiger partial charge < -0.3 is 4.90 Å². The molecule has 3 rings (SSSR count). The minimum atomic E-state index is -0.793. The van der Waals surface area contributed by atoms with Crippen LogP contribution >= 0.6 is 0 Å². The Hall–Kier alpha value is -3.48. The fourth-order valence-electron chi connectivity index (χ4n) is 3.15. The summed E-state index contributed by atoms with van der Waals surface area (Å²) in [4.78, 5) is 40.3. The molecule has 0 atom stereocenters. The van der Waals surface area contributed by atoms with Crippen LogP contribution in [0.4, 0.5) is 14.9 Å². The van der Waals surface area contributed by atoms with Gasteiger partial charge in [-0.3, -0.25) is 19.8 Å². The number of imide groups is 2. The average molecular weight is 395 g/mol. The molecule has 0 unspecified atom stereocenters. The number of anilines is 1. The van der Waals surface area contributed by atoms with Gasteiger partial charge in [-0.15, -0.1) is 0 Å². The standard InChI is InChI=1S/C22H22FN3O3/c1-3-25(4-2)18-11-7-15(8-12-18)13-19-20(27)24-22(29)26(21(19)28)14-16-5-9-17(23)10-6-16/h5-13H,3-4,14H2,1-2H3,(H,24,27,29)/b19-13-. The zero-order valence-electron chi connectivity index (χ0n) is 16.3. The number of halogens is 1. The van der Waals surface area contributed by atoms with Crippen LogP contribution < -0.4 is 10.2 Å². The molecule has 1 saturated heterocycles. The second kappa shape index (κ2) is 8.68. The summed E-state index contributed by atoms with van der Waals surface area (Å²) in [6.45, 7) is 5.82. The van der Waals surface area contributed by atoms with Gasteiger partial charge >= 0.3 is 6.03 Å². The van der Waals surface area contributed by atoms with Gasteiger partial charge in [0, 0.05) is 18.8 Å². The van der Waals surface area contributed by atoms with Crippen LogP contribution in [0.1, 0.15) is 25.0 Å². The number of benzene rings is 2. The molecule has 0 saturated carbocycles. The Labute approximate surface area is 168 Å². The number of nitrogens with one attached hydrogen (secondary N) is 1. The molecule has 150 valence electrons. The highest BCUT2D eigenvalue weighted by Crippen LogP contribution is 2.20. The summed E-state index contributed by atoms with van der Waals surface area (Å²) in [7, 11) is 0. The molecular weight excluding hydrogens is 373 g/mol. The SMILES string of the molecule is CCN(CC)c1ccc(/C=C2/C(=O)NC(=O)N(Cc3ccc(F)cc3)C2=O)cc1. The molecule has 1 aliphatic rings. The minimum absolute atomic E-state index is 0.0591. The van der Waals surface area contributed by atoms with Gasteiger partial charge in [0.1, 0.15) is 11.4 Å². The van der Waals surface area contributed by atoms with Gasteiger partial charge in [-0.05, 0) is 55.3 Å². The number of rotatable bonds is 6. The lowest BCUT2D eigenvalue weighted by atomic mass is 10.1. The third-order valence-corrected chi connectivity index (χ3v) is 4.77. The summed E-state index contributed by atoms with van der Waals surface area (Å²) in [5.41, 5.74) is 2.18. The Morgan fingerprint density at radius 2 is 1.59 bits per heavy atom. The van der Waals surface area contributed by atoms with E-state index in [1.54, 1.807) is 0 Å². The molecule has 4 amide bonds.